The van der Waals surface area contributed by atoms with Gasteiger partial charge in [-0.05, 0) is 31.2 Å². The Morgan fingerprint density at radius 2 is 1.71 bits per heavy atom. The van der Waals surface area contributed by atoms with Crippen LogP contribution in [0.25, 0.3) is 22.3 Å². The fourth-order valence-corrected chi connectivity index (χ4v) is 3.47. The molecule has 0 saturated carbocycles. The predicted octanol–water partition coefficient (Wildman–Crippen LogP) is 4.51. The largest absolute Gasteiger partial charge is 0.485 e. The fraction of sp³-hybridized carbons (Fsp3) is 0.120. The van der Waals surface area contributed by atoms with Gasteiger partial charge in [-0.1, -0.05) is 54.1 Å². The number of fused-ring (bicyclic) bond motifs is 2. The lowest BCUT2D eigenvalue weighted by Crippen LogP contribution is -2.40. The van der Waals surface area contributed by atoms with Crippen LogP contribution in [0.2, 0.25) is 0 Å². The summed E-state index contributed by atoms with van der Waals surface area (Å²) >= 11 is 0. The molecule has 4 aromatic rings. The van der Waals surface area contributed by atoms with E-state index in [1.165, 1.54) is 0 Å². The summed E-state index contributed by atoms with van der Waals surface area (Å²) in [6, 6.07) is 21.4. The highest BCUT2D eigenvalue weighted by Gasteiger charge is 2.31. The van der Waals surface area contributed by atoms with Crippen molar-refractivity contribution in [2.75, 3.05) is 6.61 Å². The second-order valence-corrected chi connectivity index (χ2v) is 7.24. The van der Waals surface area contributed by atoms with Crippen LogP contribution in [0.5, 0.6) is 17.2 Å². The lowest BCUT2D eigenvalue weighted by atomic mass is 10.1. The number of benzene rings is 3. The molecular formula is C25H18O6. The standard InChI is InChI=1S/C25H18O6/c1-15-11-12-18-17(13-15)22(26)24(23(30-18)16-7-3-2-4-8-16)31-25(27)21-14-28-19-9-5-6-10-20(19)29-21/h2-13,21H,14H2,1H3. The minimum Gasteiger partial charge on any atom is -0.485 e. The zero-order chi connectivity index (χ0) is 21.4. The van der Waals surface area contributed by atoms with Crippen LogP contribution in [0, 0.1) is 6.92 Å². The van der Waals surface area contributed by atoms with E-state index in [4.69, 9.17) is 18.6 Å². The molecule has 1 aliphatic rings. The summed E-state index contributed by atoms with van der Waals surface area (Å²) < 4.78 is 22.9. The number of para-hydroxylation sites is 2. The minimum atomic E-state index is -1.01. The van der Waals surface area contributed by atoms with E-state index in [1.807, 2.05) is 37.3 Å². The maximum Gasteiger partial charge on any atom is 0.356 e. The highest BCUT2D eigenvalue weighted by molar-refractivity contribution is 5.86. The summed E-state index contributed by atoms with van der Waals surface area (Å²) in [5.74, 6) is 0.285. The van der Waals surface area contributed by atoms with Gasteiger partial charge in [0.15, 0.2) is 17.3 Å². The van der Waals surface area contributed by atoms with E-state index in [9.17, 15) is 9.59 Å². The van der Waals surface area contributed by atoms with Gasteiger partial charge >= 0.3 is 5.97 Å². The van der Waals surface area contributed by atoms with Crippen molar-refractivity contribution in [2.24, 2.45) is 0 Å². The molecule has 0 amide bonds. The summed E-state index contributed by atoms with van der Waals surface area (Å²) in [4.78, 5) is 26.2. The number of hydrogen-bond acceptors (Lipinski definition) is 6. The van der Waals surface area contributed by atoms with E-state index in [-0.39, 0.29) is 18.1 Å². The van der Waals surface area contributed by atoms with Crippen LogP contribution >= 0.6 is 0 Å². The van der Waals surface area contributed by atoms with Crippen LogP contribution in [-0.2, 0) is 4.79 Å². The molecule has 1 unspecified atom stereocenters. The third-order valence-corrected chi connectivity index (χ3v) is 5.01. The Morgan fingerprint density at radius 1 is 0.968 bits per heavy atom. The monoisotopic (exact) mass is 414 g/mol. The van der Waals surface area contributed by atoms with Crippen LogP contribution in [-0.4, -0.2) is 18.7 Å². The number of hydrogen-bond donors (Lipinski definition) is 0. The first-order valence-corrected chi connectivity index (χ1v) is 9.83. The van der Waals surface area contributed by atoms with E-state index in [2.05, 4.69) is 0 Å². The molecule has 31 heavy (non-hydrogen) atoms. The molecular weight excluding hydrogens is 396 g/mol. The smallest absolute Gasteiger partial charge is 0.356 e. The van der Waals surface area contributed by atoms with Gasteiger partial charge in [0.05, 0.1) is 5.39 Å². The van der Waals surface area contributed by atoms with Crippen LogP contribution in [0.1, 0.15) is 5.56 Å². The lowest BCUT2D eigenvalue weighted by Gasteiger charge is -2.25. The van der Waals surface area contributed by atoms with E-state index in [0.29, 0.717) is 28.0 Å². The molecule has 0 saturated heterocycles. The second-order valence-electron chi connectivity index (χ2n) is 7.24. The molecule has 1 aromatic heterocycles. The van der Waals surface area contributed by atoms with Crippen molar-refractivity contribution in [3.8, 4) is 28.6 Å². The summed E-state index contributed by atoms with van der Waals surface area (Å²) in [6.07, 6.45) is -1.01. The van der Waals surface area contributed by atoms with E-state index < -0.39 is 17.5 Å². The summed E-state index contributed by atoms with van der Waals surface area (Å²) in [6.45, 7) is 1.86. The van der Waals surface area contributed by atoms with Crippen molar-refractivity contribution in [1.29, 1.82) is 0 Å². The highest BCUT2D eigenvalue weighted by atomic mass is 16.6. The molecule has 5 rings (SSSR count). The second kappa shape index (κ2) is 7.65. The molecule has 6 nitrogen and oxygen atoms in total. The molecule has 0 spiro atoms. The maximum atomic E-state index is 13.3. The Kier molecular flexibility index (Phi) is 4.67. The van der Waals surface area contributed by atoms with Gasteiger partial charge in [-0.15, -0.1) is 0 Å². The van der Waals surface area contributed by atoms with Gasteiger partial charge in [0.2, 0.25) is 17.3 Å². The molecule has 0 N–H and O–H groups in total. The Balaban J connectivity index is 1.56. The molecule has 0 bridgehead atoms. The maximum absolute atomic E-state index is 13.3. The zero-order valence-corrected chi connectivity index (χ0v) is 16.7. The van der Waals surface area contributed by atoms with Crippen LogP contribution < -0.4 is 19.6 Å². The van der Waals surface area contributed by atoms with Crippen molar-refractivity contribution < 1.29 is 23.4 Å². The zero-order valence-electron chi connectivity index (χ0n) is 16.7. The number of rotatable bonds is 3. The van der Waals surface area contributed by atoms with Crippen LogP contribution in [0.3, 0.4) is 0 Å². The molecule has 1 aliphatic heterocycles. The number of esters is 1. The summed E-state index contributed by atoms with van der Waals surface area (Å²) in [7, 11) is 0. The van der Waals surface area contributed by atoms with Crippen LogP contribution in [0.15, 0.2) is 82.0 Å². The van der Waals surface area contributed by atoms with Crippen molar-refractivity contribution in [3.63, 3.8) is 0 Å². The molecule has 0 radical (unpaired) electrons. The number of carbonyl (C=O) groups is 1. The topological polar surface area (TPSA) is 75.0 Å². The minimum absolute atomic E-state index is 0.0193. The van der Waals surface area contributed by atoms with Crippen molar-refractivity contribution in [3.05, 3.63) is 88.6 Å². The third-order valence-electron chi connectivity index (χ3n) is 5.01. The average molecular weight is 414 g/mol. The summed E-state index contributed by atoms with van der Waals surface area (Å²) in [5.41, 5.74) is 1.51. The number of aryl methyl sites for hydroxylation is 1. The van der Waals surface area contributed by atoms with Gasteiger partial charge in [-0.3, -0.25) is 4.79 Å². The molecule has 1 atom stereocenters. The molecule has 6 heteroatoms. The average Bonchev–Trinajstić information content (AvgIpc) is 2.81. The van der Waals surface area contributed by atoms with Gasteiger partial charge in [-0.2, -0.15) is 0 Å². The highest BCUT2D eigenvalue weighted by Crippen LogP contribution is 2.33. The quantitative estimate of drug-likeness (QED) is 0.459. The third kappa shape index (κ3) is 3.53. The fourth-order valence-electron chi connectivity index (χ4n) is 3.47. The molecule has 2 heterocycles. The van der Waals surface area contributed by atoms with E-state index >= 15 is 0 Å². The van der Waals surface area contributed by atoms with Crippen LogP contribution in [0.4, 0.5) is 0 Å². The Labute approximate surface area is 177 Å². The van der Waals surface area contributed by atoms with Gasteiger partial charge < -0.3 is 18.6 Å². The van der Waals surface area contributed by atoms with Gasteiger partial charge in [0.25, 0.3) is 0 Å². The van der Waals surface area contributed by atoms with Crippen molar-refractivity contribution >= 4 is 16.9 Å². The lowest BCUT2D eigenvalue weighted by molar-refractivity contribution is -0.144. The number of ether oxygens (including phenoxy) is 3. The van der Waals surface area contributed by atoms with Gasteiger partial charge in [-0.25, -0.2) is 4.79 Å². The molecule has 0 fully saturated rings. The summed E-state index contributed by atoms with van der Waals surface area (Å²) in [5, 5.41) is 0.341. The first-order chi connectivity index (χ1) is 15.1. The predicted molar refractivity (Wildman–Crippen MR) is 115 cm³/mol. The molecule has 3 aromatic carbocycles. The van der Waals surface area contributed by atoms with Crippen molar-refractivity contribution in [2.45, 2.75) is 13.0 Å². The van der Waals surface area contributed by atoms with Crippen molar-refractivity contribution in [1.82, 2.24) is 0 Å². The normalized spacial score (nSPS) is 14.9. The number of carbonyl (C=O) groups excluding carboxylic acids is 1. The van der Waals surface area contributed by atoms with Gasteiger partial charge in [0.1, 0.15) is 12.2 Å². The van der Waals surface area contributed by atoms with E-state index in [1.54, 1.807) is 42.5 Å². The Morgan fingerprint density at radius 3 is 2.52 bits per heavy atom. The Bertz CT molecular complexity index is 1340. The first kappa shape index (κ1) is 18.9. The molecule has 0 aliphatic carbocycles. The first-order valence-electron chi connectivity index (χ1n) is 9.83. The van der Waals surface area contributed by atoms with Gasteiger partial charge in [0, 0.05) is 5.56 Å². The Hall–Kier alpha value is -4.06. The van der Waals surface area contributed by atoms with E-state index in [0.717, 1.165) is 5.56 Å². The molecule has 154 valence electrons. The SMILES string of the molecule is Cc1ccc2oc(-c3ccccc3)c(OC(=O)C3COc4ccccc4O3)c(=O)c2c1.